The fourth-order valence-corrected chi connectivity index (χ4v) is 4.12. The second-order valence-electron chi connectivity index (χ2n) is 9.29. The molecule has 196 valence electrons. The highest BCUT2D eigenvalue weighted by Gasteiger charge is 2.18. The molecule has 9 heteroatoms. The van der Waals surface area contributed by atoms with Crippen LogP contribution in [0.4, 0.5) is 5.82 Å². The van der Waals surface area contributed by atoms with Gasteiger partial charge in [-0.2, -0.15) is 15.0 Å². The van der Waals surface area contributed by atoms with Crippen LogP contribution in [0.5, 0.6) is 12.0 Å². The first-order chi connectivity index (χ1) is 18.0. The average Bonchev–Trinajstić information content (AvgIpc) is 3.26. The third-order valence-corrected chi connectivity index (χ3v) is 6.24. The fraction of sp³-hybridized carbons (Fsp3) is 0.429. The van der Waals surface area contributed by atoms with Crippen molar-refractivity contribution in [3.8, 4) is 23.3 Å². The maximum Gasteiger partial charge on any atom is 0.320 e. The molecule has 0 amide bonds. The van der Waals surface area contributed by atoms with Crippen molar-refractivity contribution in [3.63, 3.8) is 0 Å². The minimum atomic E-state index is 0.246. The number of nitrogens with two attached hydrogens (primary N) is 1. The quantitative estimate of drug-likeness (QED) is 0.256. The minimum absolute atomic E-state index is 0.246. The van der Waals surface area contributed by atoms with Gasteiger partial charge in [-0.15, -0.1) is 0 Å². The van der Waals surface area contributed by atoms with E-state index in [0.29, 0.717) is 30.3 Å². The van der Waals surface area contributed by atoms with E-state index >= 15 is 0 Å². The lowest BCUT2D eigenvalue weighted by atomic mass is 10.1. The summed E-state index contributed by atoms with van der Waals surface area (Å²) < 4.78 is 13.1. The van der Waals surface area contributed by atoms with Crippen molar-refractivity contribution in [1.29, 1.82) is 0 Å². The number of aromatic nitrogens is 5. The number of fused-ring (bicyclic) bond motifs is 1. The lowest BCUT2D eigenvalue weighted by Gasteiger charge is -2.16. The van der Waals surface area contributed by atoms with E-state index in [-0.39, 0.29) is 11.8 Å². The maximum atomic E-state index is 6.16. The predicted molar refractivity (Wildman–Crippen MR) is 147 cm³/mol. The first kappa shape index (κ1) is 26.3. The van der Waals surface area contributed by atoms with Crippen molar-refractivity contribution < 1.29 is 9.47 Å². The summed E-state index contributed by atoms with van der Waals surface area (Å²) in [6.45, 7) is 7.40. The number of hydrogen-bond donors (Lipinski definition) is 1. The number of imidazole rings is 1. The Balaban J connectivity index is 1.50. The highest BCUT2D eigenvalue weighted by molar-refractivity contribution is 5.83. The number of rotatable bonds is 13. The Labute approximate surface area is 218 Å². The maximum absolute atomic E-state index is 6.16. The van der Waals surface area contributed by atoms with Crippen LogP contribution in [0.1, 0.15) is 50.7 Å². The highest BCUT2D eigenvalue weighted by atomic mass is 16.5. The van der Waals surface area contributed by atoms with Gasteiger partial charge in [-0.1, -0.05) is 57.0 Å². The molecule has 2 N–H and O–H groups in total. The van der Waals surface area contributed by atoms with Crippen LogP contribution >= 0.6 is 0 Å². The average molecular weight is 504 g/mol. The van der Waals surface area contributed by atoms with Crippen LogP contribution in [0.3, 0.4) is 0 Å². The molecule has 1 aromatic carbocycles. The third-order valence-electron chi connectivity index (χ3n) is 6.24. The molecule has 9 nitrogen and oxygen atoms in total. The largest absolute Gasteiger partial charge is 0.468 e. The topological polar surface area (TPSA) is 104 Å². The second kappa shape index (κ2) is 12.5. The highest BCUT2D eigenvalue weighted by Crippen LogP contribution is 2.27. The number of unbranched alkanes of at least 4 members (excludes halogenated alkanes) is 2. The van der Waals surface area contributed by atoms with Crippen molar-refractivity contribution in [3.05, 3.63) is 53.7 Å². The summed E-state index contributed by atoms with van der Waals surface area (Å²) >= 11 is 0. The SMILES string of the molecule is CCCCOc1nc(N)c2nc(OC)n(Cc3ccc(-c4ccc(CN(C)CCCC)cc4)nc3)c2n1. The van der Waals surface area contributed by atoms with Crippen LogP contribution in [0.15, 0.2) is 42.6 Å². The summed E-state index contributed by atoms with van der Waals surface area (Å²) in [5.74, 6) is 0.266. The monoisotopic (exact) mass is 503 g/mol. The molecule has 3 heterocycles. The molecule has 0 atom stereocenters. The summed E-state index contributed by atoms with van der Waals surface area (Å²) in [7, 11) is 3.75. The molecule has 0 aliphatic rings. The molecule has 0 saturated carbocycles. The van der Waals surface area contributed by atoms with Gasteiger partial charge in [-0.05, 0) is 43.6 Å². The van der Waals surface area contributed by atoms with Gasteiger partial charge in [0.15, 0.2) is 17.0 Å². The fourth-order valence-electron chi connectivity index (χ4n) is 4.12. The van der Waals surface area contributed by atoms with E-state index in [4.69, 9.17) is 20.2 Å². The molecule has 0 spiro atoms. The Morgan fingerprint density at radius 2 is 1.70 bits per heavy atom. The van der Waals surface area contributed by atoms with Crippen LogP contribution in [-0.4, -0.2) is 56.7 Å². The van der Waals surface area contributed by atoms with Gasteiger partial charge in [0.2, 0.25) is 0 Å². The number of benzene rings is 1. The normalized spacial score (nSPS) is 11.4. The van der Waals surface area contributed by atoms with Crippen LogP contribution < -0.4 is 15.2 Å². The molecular weight excluding hydrogens is 466 g/mol. The molecule has 0 fully saturated rings. The zero-order valence-corrected chi connectivity index (χ0v) is 22.3. The molecule has 37 heavy (non-hydrogen) atoms. The number of pyridine rings is 1. The smallest absolute Gasteiger partial charge is 0.320 e. The lowest BCUT2D eigenvalue weighted by Crippen LogP contribution is -2.18. The van der Waals surface area contributed by atoms with E-state index in [1.54, 1.807) is 7.11 Å². The molecule has 0 aliphatic carbocycles. The summed E-state index contributed by atoms with van der Waals surface area (Å²) in [5.41, 5.74) is 11.5. The van der Waals surface area contributed by atoms with Crippen molar-refractivity contribution in [2.45, 2.75) is 52.6 Å². The minimum Gasteiger partial charge on any atom is -0.468 e. The molecular formula is C28H37N7O2. The second-order valence-corrected chi connectivity index (χ2v) is 9.29. The molecule has 4 aromatic rings. The van der Waals surface area contributed by atoms with Gasteiger partial charge in [-0.3, -0.25) is 9.55 Å². The van der Waals surface area contributed by atoms with E-state index in [2.05, 4.69) is 71.1 Å². The molecule has 0 radical (unpaired) electrons. The van der Waals surface area contributed by atoms with Crippen molar-refractivity contribution in [2.24, 2.45) is 0 Å². The van der Waals surface area contributed by atoms with Gasteiger partial charge >= 0.3 is 6.01 Å². The summed E-state index contributed by atoms with van der Waals surface area (Å²) in [5, 5.41) is 0. The number of anilines is 1. The van der Waals surface area contributed by atoms with Gasteiger partial charge in [0.05, 0.1) is 26.0 Å². The van der Waals surface area contributed by atoms with Crippen LogP contribution in [0.25, 0.3) is 22.4 Å². The molecule has 0 saturated heterocycles. The van der Waals surface area contributed by atoms with Crippen LogP contribution in [-0.2, 0) is 13.1 Å². The number of methoxy groups -OCH3 is 1. The Morgan fingerprint density at radius 1 is 0.946 bits per heavy atom. The first-order valence-electron chi connectivity index (χ1n) is 13.0. The van der Waals surface area contributed by atoms with E-state index < -0.39 is 0 Å². The Kier molecular flexibility index (Phi) is 8.90. The molecule has 4 rings (SSSR count). The Hall–Kier alpha value is -3.72. The summed E-state index contributed by atoms with van der Waals surface area (Å²) in [6.07, 6.45) is 6.24. The summed E-state index contributed by atoms with van der Waals surface area (Å²) in [6, 6.07) is 13.4. The first-order valence-corrected chi connectivity index (χ1v) is 13.0. The van der Waals surface area contributed by atoms with Gasteiger partial charge in [0.1, 0.15) is 0 Å². The molecule has 0 aliphatic heterocycles. The van der Waals surface area contributed by atoms with Crippen molar-refractivity contribution in [2.75, 3.05) is 33.0 Å². The van der Waals surface area contributed by atoms with E-state index in [1.807, 2.05) is 16.8 Å². The zero-order valence-electron chi connectivity index (χ0n) is 22.3. The number of nitrogens with zero attached hydrogens (tertiary/aromatic N) is 6. The Bertz CT molecular complexity index is 1290. The van der Waals surface area contributed by atoms with E-state index in [0.717, 1.165) is 42.8 Å². The zero-order chi connectivity index (χ0) is 26.2. The number of hydrogen-bond acceptors (Lipinski definition) is 8. The molecule has 3 aromatic heterocycles. The van der Waals surface area contributed by atoms with Crippen molar-refractivity contribution >= 4 is 17.0 Å². The molecule has 0 unspecified atom stereocenters. The third kappa shape index (κ3) is 6.54. The number of nitrogen functional groups attached to an aromatic ring is 1. The van der Waals surface area contributed by atoms with E-state index in [9.17, 15) is 0 Å². The predicted octanol–water partition coefficient (Wildman–Crippen LogP) is 4.94. The number of ether oxygens (including phenoxy) is 2. The van der Waals surface area contributed by atoms with Gasteiger partial charge in [0, 0.05) is 18.3 Å². The van der Waals surface area contributed by atoms with Gasteiger partial charge in [-0.25, -0.2) is 0 Å². The standard InChI is InChI=1S/C28H37N7O2/c1-5-7-15-34(3)18-20-9-12-22(13-10-20)23-14-11-21(17-30-23)19-35-26-24(31-28(35)36-4)25(29)32-27(33-26)37-16-8-6-2/h9-14,17H,5-8,15-16,18-19H2,1-4H3,(H2,29,32,33). The van der Waals surface area contributed by atoms with Gasteiger partial charge in [0.25, 0.3) is 6.01 Å². The van der Waals surface area contributed by atoms with Crippen molar-refractivity contribution in [1.82, 2.24) is 29.4 Å². The Morgan fingerprint density at radius 3 is 2.38 bits per heavy atom. The van der Waals surface area contributed by atoms with Crippen LogP contribution in [0.2, 0.25) is 0 Å². The van der Waals surface area contributed by atoms with Crippen LogP contribution in [0, 0.1) is 0 Å². The lowest BCUT2D eigenvalue weighted by molar-refractivity contribution is 0.286. The van der Waals surface area contributed by atoms with E-state index in [1.165, 1.54) is 18.4 Å². The molecule has 0 bridgehead atoms. The van der Waals surface area contributed by atoms with Gasteiger partial charge < -0.3 is 20.1 Å². The summed E-state index contributed by atoms with van der Waals surface area (Å²) in [4.78, 5) is 20.4.